The molecule has 2 fully saturated rings. The topological polar surface area (TPSA) is 243 Å². The van der Waals surface area contributed by atoms with Crippen LogP contribution in [0.4, 0.5) is 34.1 Å². The van der Waals surface area contributed by atoms with Gasteiger partial charge >= 0.3 is 0 Å². The molecule has 5 aromatic carbocycles. The highest BCUT2D eigenvalue weighted by molar-refractivity contribution is 7.86. The molecular formula is C59H78N6O8S2. The van der Waals surface area contributed by atoms with E-state index in [0.29, 0.717) is 28.6 Å². The van der Waals surface area contributed by atoms with Gasteiger partial charge in [-0.25, -0.2) is 0 Å². The van der Waals surface area contributed by atoms with E-state index in [-0.39, 0.29) is 75.3 Å². The molecule has 75 heavy (non-hydrogen) atoms. The zero-order valence-electron chi connectivity index (χ0n) is 46.1. The zero-order chi connectivity index (χ0) is 55.7. The molecule has 2 saturated heterocycles. The number of aryl methyl sites for hydroxylation is 4. The van der Waals surface area contributed by atoms with Gasteiger partial charge in [-0.3, -0.25) is 18.7 Å². The van der Waals surface area contributed by atoms with E-state index in [9.17, 15) is 35.5 Å². The van der Waals surface area contributed by atoms with Crippen LogP contribution >= 0.6 is 0 Å². The first kappa shape index (κ1) is 57.1. The summed E-state index contributed by atoms with van der Waals surface area (Å²) in [6, 6.07) is 17.5. The molecule has 16 heteroatoms. The molecule has 14 nitrogen and oxygen atoms in total. The van der Waals surface area contributed by atoms with Crippen LogP contribution in [0.2, 0.25) is 0 Å². The van der Waals surface area contributed by atoms with Gasteiger partial charge in [0.1, 0.15) is 11.6 Å². The number of rotatable bonds is 15. The van der Waals surface area contributed by atoms with Gasteiger partial charge in [-0.1, -0.05) is 30.3 Å². The van der Waals surface area contributed by atoms with Crippen molar-refractivity contribution in [2.24, 2.45) is 11.8 Å². The van der Waals surface area contributed by atoms with Gasteiger partial charge in [0.15, 0.2) is 0 Å². The second-order valence-electron chi connectivity index (χ2n) is 24.3. The Labute approximate surface area is 445 Å². The number of piperidine rings is 2. The van der Waals surface area contributed by atoms with Crippen LogP contribution in [0.1, 0.15) is 148 Å². The number of hydrogen-bond acceptors (Lipinski definition) is 12. The van der Waals surface area contributed by atoms with Gasteiger partial charge in [0.2, 0.25) is 0 Å². The van der Waals surface area contributed by atoms with Gasteiger partial charge in [-0.15, -0.1) is 0 Å². The standard InChI is InChI=1S/C59H78N6O8S2/c1-32-21-34(3)54(36(5)46(32)26-50(66)38-28-56(7,8)64-57(9,10)29-38)62-40-15-18-43(48(60)23-40)53(45-20-17-42(74(68,69)70)25-52(45)75(71,72)73)44-19-16-41(24-49(44)61)63-55-35(4)22-33(2)47(37(55)6)27-51(67)39-30-58(11,12)65-59(13,14)31-39/h15-25,38-39,53,62-65H,26-31,60-61H2,1-14H3,(H,68,69,70)(H,71,72,73). The molecule has 0 bridgehead atoms. The Morgan fingerprint density at radius 3 is 1.24 bits per heavy atom. The Hall–Kier alpha value is -5.62. The van der Waals surface area contributed by atoms with Crippen molar-refractivity contribution in [3.05, 3.63) is 128 Å². The summed E-state index contributed by atoms with van der Waals surface area (Å²) in [7, 11) is -10.0. The van der Waals surface area contributed by atoms with Crippen molar-refractivity contribution in [1.29, 1.82) is 0 Å². The highest BCUT2D eigenvalue weighted by Crippen LogP contribution is 2.44. The summed E-state index contributed by atoms with van der Waals surface area (Å²) in [4.78, 5) is 26.6. The van der Waals surface area contributed by atoms with Crippen molar-refractivity contribution in [2.45, 2.75) is 173 Å². The van der Waals surface area contributed by atoms with Crippen molar-refractivity contribution in [3.8, 4) is 0 Å². The predicted octanol–water partition coefficient (Wildman–Crippen LogP) is 11.2. The van der Waals surface area contributed by atoms with Crippen molar-refractivity contribution in [2.75, 3.05) is 22.1 Å². The van der Waals surface area contributed by atoms with Crippen molar-refractivity contribution >= 4 is 65.9 Å². The van der Waals surface area contributed by atoms with Crippen LogP contribution in [-0.4, -0.2) is 59.7 Å². The number of nitrogens with one attached hydrogen (secondary N) is 4. The average molecular weight is 1060 g/mol. The summed E-state index contributed by atoms with van der Waals surface area (Å²) in [5, 5.41) is 14.4. The van der Waals surface area contributed by atoms with Crippen LogP contribution in [0.25, 0.3) is 0 Å². The summed E-state index contributed by atoms with van der Waals surface area (Å²) >= 11 is 0. The van der Waals surface area contributed by atoms with E-state index in [4.69, 9.17) is 11.5 Å². The quantitative estimate of drug-likeness (QED) is 0.0276. The highest BCUT2D eigenvalue weighted by atomic mass is 32.2. The molecule has 0 radical (unpaired) electrons. The fourth-order valence-electron chi connectivity index (χ4n) is 12.9. The Balaban J connectivity index is 1.25. The van der Waals surface area contributed by atoms with Gasteiger partial charge in [0.05, 0.1) is 9.79 Å². The van der Waals surface area contributed by atoms with Crippen LogP contribution in [0.5, 0.6) is 0 Å². The minimum absolute atomic E-state index is 0.0511. The Morgan fingerprint density at radius 2 is 0.907 bits per heavy atom. The molecular weight excluding hydrogens is 985 g/mol. The molecule has 10 N–H and O–H groups in total. The van der Waals surface area contributed by atoms with Crippen LogP contribution < -0.4 is 32.7 Å². The van der Waals surface area contributed by atoms with E-state index in [1.807, 2.05) is 41.5 Å². The molecule has 0 amide bonds. The molecule has 0 atom stereocenters. The molecule has 404 valence electrons. The van der Waals surface area contributed by atoms with Crippen LogP contribution in [0.15, 0.2) is 76.5 Å². The number of benzene rings is 5. The van der Waals surface area contributed by atoms with Gasteiger partial charge in [-0.05, 0) is 220 Å². The molecule has 0 spiro atoms. The number of nitrogen functional groups attached to an aromatic ring is 2. The number of hydrogen-bond donors (Lipinski definition) is 8. The first-order chi connectivity index (χ1) is 34.4. The minimum Gasteiger partial charge on any atom is -0.398 e. The SMILES string of the molecule is Cc1cc(C)c(Nc2ccc(C(c3ccc(Nc4c(C)cc(C)c(CC(=O)C5CC(C)(C)NC(C)(C)C5)c4C)cc3N)c3ccc(S(=O)(=O)O)cc3S(=O)(=O)O)c(N)c2)c(C)c1CC(=O)C1CC(C)(C)NC(C)(C)C1. The second-order valence-corrected chi connectivity index (χ2v) is 27.1. The van der Waals surface area contributed by atoms with Gasteiger partial charge in [0, 0.05) is 86.9 Å². The maximum atomic E-state index is 14.0. The van der Waals surface area contributed by atoms with Crippen molar-refractivity contribution < 1.29 is 35.5 Å². The third kappa shape index (κ3) is 12.8. The van der Waals surface area contributed by atoms with E-state index >= 15 is 0 Å². The number of anilines is 6. The summed E-state index contributed by atoms with van der Waals surface area (Å²) in [5.74, 6) is -0.882. The van der Waals surface area contributed by atoms with Gasteiger partial charge in [0.25, 0.3) is 20.2 Å². The largest absolute Gasteiger partial charge is 0.398 e. The van der Waals surface area contributed by atoms with Crippen molar-refractivity contribution in [1.82, 2.24) is 10.6 Å². The summed E-state index contributed by atoms with van der Waals surface area (Å²) in [6.45, 7) is 29.1. The third-order valence-electron chi connectivity index (χ3n) is 15.5. The van der Waals surface area contributed by atoms with E-state index < -0.39 is 35.9 Å². The Morgan fingerprint density at radius 1 is 0.547 bits per heavy atom. The highest BCUT2D eigenvalue weighted by Gasteiger charge is 2.42. The summed E-state index contributed by atoms with van der Waals surface area (Å²) in [6.07, 6.45) is 3.56. The lowest BCUT2D eigenvalue weighted by Crippen LogP contribution is -2.59. The second kappa shape index (κ2) is 20.4. The lowest BCUT2D eigenvalue weighted by Gasteiger charge is -2.46. The van der Waals surface area contributed by atoms with E-state index in [0.717, 1.165) is 87.6 Å². The molecule has 7 rings (SSSR count). The molecule has 0 aromatic heterocycles. The Kier molecular flexibility index (Phi) is 15.5. The number of carbonyl (C=O) groups excluding carboxylic acids is 2. The van der Waals surface area contributed by atoms with Crippen LogP contribution in [0.3, 0.4) is 0 Å². The zero-order valence-corrected chi connectivity index (χ0v) is 47.8. The lowest BCUT2D eigenvalue weighted by atomic mass is 9.73. The Bertz CT molecular complexity index is 3150. The minimum atomic E-state index is -5.13. The average Bonchev–Trinajstić information content (AvgIpc) is 3.25. The molecule has 2 aliphatic rings. The number of Topliss-reactive ketones (excluding diaryl/α,β-unsaturated/α-hetero) is 2. The first-order valence-corrected chi connectivity index (χ1v) is 28.6. The molecule has 0 saturated carbocycles. The summed E-state index contributed by atoms with van der Waals surface area (Å²) in [5.41, 5.74) is 24.9. The molecule has 5 aromatic rings. The first-order valence-electron chi connectivity index (χ1n) is 25.7. The normalized spacial score (nSPS) is 17.7. The van der Waals surface area contributed by atoms with Crippen molar-refractivity contribution in [3.63, 3.8) is 0 Å². The molecule has 2 aliphatic heterocycles. The van der Waals surface area contributed by atoms with Gasteiger partial charge < -0.3 is 32.7 Å². The fourth-order valence-corrected chi connectivity index (χ4v) is 14.2. The summed E-state index contributed by atoms with van der Waals surface area (Å²) < 4.78 is 71.6. The fraction of sp³-hybridized carbons (Fsp3) is 0.458. The molecule has 2 heterocycles. The third-order valence-corrected chi connectivity index (χ3v) is 17.2. The lowest BCUT2D eigenvalue weighted by molar-refractivity contribution is -0.125. The molecule has 0 aliphatic carbocycles. The maximum Gasteiger partial charge on any atom is 0.294 e. The number of nitrogens with two attached hydrogens (primary N) is 2. The maximum absolute atomic E-state index is 14.0. The molecule has 0 unspecified atom stereocenters. The van der Waals surface area contributed by atoms with E-state index in [1.54, 1.807) is 36.4 Å². The monoisotopic (exact) mass is 1060 g/mol. The van der Waals surface area contributed by atoms with E-state index in [1.165, 1.54) is 6.07 Å². The number of ketones is 2. The number of carbonyl (C=O) groups is 2. The van der Waals surface area contributed by atoms with Gasteiger partial charge in [-0.2, -0.15) is 16.8 Å². The smallest absolute Gasteiger partial charge is 0.294 e. The van der Waals surface area contributed by atoms with E-state index in [2.05, 4.69) is 88.8 Å². The predicted molar refractivity (Wildman–Crippen MR) is 302 cm³/mol. The van der Waals surface area contributed by atoms with Crippen LogP contribution in [-0.2, 0) is 42.7 Å². The van der Waals surface area contributed by atoms with Crippen LogP contribution in [0, 0.1) is 53.4 Å².